The molecule has 0 spiro atoms. The van der Waals surface area contributed by atoms with Gasteiger partial charge in [-0.15, -0.1) is 0 Å². The molecule has 1 atom stereocenters. The van der Waals surface area contributed by atoms with Gasteiger partial charge in [0.2, 0.25) is 0 Å². The predicted octanol–water partition coefficient (Wildman–Crippen LogP) is 3.83. The van der Waals surface area contributed by atoms with Crippen LogP contribution in [0.5, 0.6) is 0 Å². The minimum absolute atomic E-state index is 0.0243. The van der Waals surface area contributed by atoms with Gasteiger partial charge in [0, 0.05) is 23.7 Å². The zero-order valence-corrected chi connectivity index (χ0v) is 16.4. The van der Waals surface area contributed by atoms with Crippen molar-refractivity contribution in [2.24, 2.45) is 5.41 Å². The van der Waals surface area contributed by atoms with Crippen molar-refractivity contribution < 1.29 is 9.18 Å². The summed E-state index contributed by atoms with van der Waals surface area (Å²) in [6, 6.07) is 11.8. The van der Waals surface area contributed by atoms with Crippen LogP contribution >= 0.6 is 0 Å². The lowest BCUT2D eigenvalue weighted by Crippen LogP contribution is -2.54. The Bertz CT molecular complexity index is 1010. The summed E-state index contributed by atoms with van der Waals surface area (Å²) in [5.74, 6) is 0.308. The third kappa shape index (κ3) is 3.64. The molecule has 1 amide bonds. The molecular weight excluding hydrogens is 355 g/mol. The summed E-state index contributed by atoms with van der Waals surface area (Å²) in [5, 5.41) is 3.21. The van der Waals surface area contributed by atoms with E-state index in [1.54, 1.807) is 18.2 Å². The maximum absolute atomic E-state index is 13.1. The molecule has 28 heavy (non-hydrogen) atoms. The number of piperidine rings is 1. The number of nitrogens with one attached hydrogen (secondary N) is 2. The second kappa shape index (κ2) is 7.02. The second-order valence-electron chi connectivity index (χ2n) is 8.37. The van der Waals surface area contributed by atoms with Gasteiger partial charge in [0.15, 0.2) is 0 Å². The van der Waals surface area contributed by atoms with Crippen LogP contribution in [0, 0.1) is 11.2 Å². The van der Waals surface area contributed by atoms with Crippen molar-refractivity contribution in [1.29, 1.82) is 0 Å². The van der Waals surface area contributed by atoms with E-state index in [2.05, 4.69) is 41.1 Å². The molecule has 1 aliphatic rings. The molecule has 2 aromatic carbocycles. The van der Waals surface area contributed by atoms with Crippen LogP contribution in [0.15, 0.2) is 42.5 Å². The number of imidazole rings is 1. The van der Waals surface area contributed by atoms with E-state index in [-0.39, 0.29) is 23.2 Å². The number of amides is 1. The Morgan fingerprint density at radius 2 is 2.00 bits per heavy atom. The number of carbonyl (C=O) groups is 1. The Kier molecular flexibility index (Phi) is 4.67. The molecule has 1 unspecified atom stereocenters. The average Bonchev–Trinajstić information content (AvgIpc) is 3.07. The summed E-state index contributed by atoms with van der Waals surface area (Å²) in [6.45, 7) is 6.33. The number of likely N-dealkylation sites (tertiary alicyclic amines) is 1. The molecule has 6 heteroatoms. The van der Waals surface area contributed by atoms with Crippen LogP contribution < -0.4 is 5.32 Å². The molecule has 0 radical (unpaired) electrons. The molecule has 1 aromatic heterocycles. The number of aromatic amines is 1. The van der Waals surface area contributed by atoms with Crippen LogP contribution in [0.1, 0.15) is 30.6 Å². The monoisotopic (exact) mass is 380 g/mol. The first-order valence-electron chi connectivity index (χ1n) is 9.57. The average molecular weight is 380 g/mol. The standard InChI is InChI=1S/C22H25FN4O/c1-22(2)13-27(3)11-10-19(22)26-21(28)15-6-9-17-18(12-15)25-20(24-17)14-4-7-16(23)8-5-14/h4-9,12,19H,10-11,13H2,1-3H3,(H,24,25)(H,26,28). The summed E-state index contributed by atoms with van der Waals surface area (Å²) in [4.78, 5) is 22.9. The first-order chi connectivity index (χ1) is 13.3. The fraction of sp³-hybridized carbons (Fsp3) is 0.364. The topological polar surface area (TPSA) is 61.0 Å². The summed E-state index contributed by atoms with van der Waals surface area (Å²) in [7, 11) is 2.12. The van der Waals surface area contributed by atoms with Crippen LogP contribution in [-0.2, 0) is 0 Å². The van der Waals surface area contributed by atoms with Crippen LogP contribution in [-0.4, -0.2) is 47.0 Å². The van der Waals surface area contributed by atoms with Gasteiger partial charge in [-0.25, -0.2) is 9.37 Å². The van der Waals surface area contributed by atoms with Gasteiger partial charge in [-0.1, -0.05) is 13.8 Å². The van der Waals surface area contributed by atoms with E-state index in [9.17, 15) is 9.18 Å². The largest absolute Gasteiger partial charge is 0.349 e. The highest BCUT2D eigenvalue weighted by molar-refractivity contribution is 5.97. The lowest BCUT2D eigenvalue weighted by Gasteiger charge is -2.43. The number of carbonyl (C=O) groups excluding carboxylic acids is 1. The first-order valence-corrected chi connectivity index (χ1v) is 9.57. The number of hydrogen-bond acceptors (Lipinski definition) is 3. The maximum Gasteiger partial charge on any atom is 0.251 e. The van der Waals surface area contributed by atoms with Crippen molar-refractivity contribution in [3.05, 3.63) is 53.8 Å². The molecule has 5 nitrogen and oxygen atoms in total. The molecule has 4 rings (SSSR count). The summed E-state index contributed by atoms with van der Waals surface area (Å²) >= 11 is 0. The second-order valence-corrected chi connectivity index (χ2v) is 8.37. The number of H-pyrrole nitrogens is 1. The van der Waals surface area contributed by atoms with Gasteiger partial charge in [-0.3, -0.25) is 4.79 Å². The van der Waals surface area contributed by atoms with Gasteiger partial charge >= 0.3 is 0 Å². The van der Waals surface area contributed by atoms with E-state index < -0.39 is 0 Å². The molecule has 2 N–H and O–H groups in total. The number of hydrogen-bond donors (Lipinski definition) is 2. The van der Waals surface area contributed by atoms with Gasteiger partial charge in [0.25, 0.3) is 5.91 Å². The van der Waals surface area contributed by atoms with Gasteiger partial charge < -0.3 is 15.2 Å². The van der Waals surface area contributed by atoms with E-state index in [1.807, 2.05) is 12.1 Å². The van der Waals surface area contributed by atoms with Crippen LogP contribution in [0.4, 0.5) is 4.39 Å². The maximum atomic E-state index is 13.1. The number of fused-ring (bicyclic) bond motifs is 1. The van der Waals surface area contributed by atoms with Crippen molar-refractivity contribution in [2.75, 3.05) is 20.1 Å². The number of rotatable bonds is 3. The van der Waals surface area contributed by atoms with Gasteiger partial charge in [0.05, 0.1) is 11.0 Å². The van der Waals surface area contributed by atoms with Crippen molar-refractivity contribution >= 4 is 16.9 Å². The molecule has 1 aliphatic heterocycles. The molecule has 0 saturated carbocycles. The Morgan fingerprint density at radius 3 is 2.71 bits per heavy atom. The van der Waals surface area contributed by atoms with Crippen molar-refractivity contribution in [3.8, 4) is 11.4 Å². The SMILES string of the molecule is CN1CCC(NC(=O)c2ccc3nc(-c4ccc(F)cc4)[nH]c3c2)C(C)(C)C1. The molecule has 2 heterocycles. The molecule has 0 bridgehead atoms. The number of benzene rings is 2. The van der Waals surface area contributed by atoms with E-state index >= 15 is 0 Å². The zero-order chi connectivity index (χ0) is 19.9. The molecule has 0 aliphatic carbocycles. The van der Waals surface area contributed by atoms with Gasteiger partial charge in [-0.2, -0.15) is 0 Å². The Morgan fingerprint density at radius 1 is 1.25 bits per heavy atom. The predicted molar refractivity (Wildman–Crippen MR) is 109 cm³/mol. The van der Waals surface area contributed by atoms with Crippen molar-refractivity contribution in [3.63, 3.8) is 0 Å². The quantitative estimate of drug-likeness (QED) is 0.726. The summed E-state index contributed by atoms with van der Waals surface area (Å²) in [6.07, 6.45) is 0.941. The number of nitrogens with zero attached hydrogens (tertiary/aromatic N) is 2. The van der Waals surface area contributed by atoms with Crippen molar-refractivity contribution in [2.45, 2.75) is 26.3 Å². The molecule has 146 valence electrons. The lowest BCUT2D eigenvalue weighted by molar-refractivity contribution is 0.0729. The van der Waals surface area contributed by atoms with Crippen molar-refractivity contribution in [1.82, 2.24) is 20.2 Å². The highest BCUT2D eigenvalue weighted by Gasteiger charge is 2.35. The van der Waals surface area contributed by atoms with E-state index in [0.717, 1.165) is 36.1 Å². The Hall–Kier alpha value is -2.73. The van der Waals surface area contributed by atoms with E-state index in [4.69, 9.17) is 0 Å². The smallest absolute Gasteiger partial charge is 0.251 e. The molecule has 1 fully saturated rings. The fourth-order valence-electron chi connectivity index (χ4n) is 4.03. The number of halogens is 1. The number of aromatic nitrogens is 2. The fourth-order valence-corrected chi connectivity index (χ4v) is 4.03. The van der Waals surface area contributed by atoms with Crippen LogP contribution in [0.2, 0.25) is 0 Å². The highest BCUT2D eigenvalue weighted by atomic mass is 19.1. The summed E-state index contributed by atoms with van der Waals surface area (Å²) in [5.41, 5.74) is 2.99. The first kappa shape index (κ1) is 18.6. The Labute approximate surface area is 164 Å². The molecular formula is C22H25FN4O. The third-order valence-electron chi connectivity index (χ3n) is 5.59. The third-order valence-corrected chi connectivity index (χ3v) is 5.59. The summed E-state index contributed by atoms with van der Waals surface area (Å²) < 4.78 is 13.1. The van der Waals surface area contributed by atoms with Gasteiger partial charge in [0.1, 0.15) is 11.6 Å². The normalized spacial score (nSPS) is 19.6. The Balaban J connectivity index is 1.55. The van der Waals surface area contributed by atoms with Gasteiger partial charge in [-0.05, 0) is 67.9 Å². The van der Waals surface area contributed by atoms with Crippen LogP contribution in [0.25, 0.3) is 22.4 Å². The highest BCUT2D eigenvalue weighted by Crippen LogP contribution is 2.29. The van der Waals surface area contributed by atoms with E-state index in [1.165, 1.54) is 12.1 Å². The molecule has 3 aromatic rings. The van der Waals surface area contributed by atoms with Crippen LogP contribution in [0.3, 0.4) is 0 Å². The zero-order valence-electron chi connectivity index (χ0n) is 16.4. The lowest BCUT2D eigenvalue weighted by atomic mass is 9.79. The minimum Gasteiger partial charge on any atom is -0.349 e. The molecule has 1 saturated heterocycles. The van der Waals surface area contributed by atoms with E-state index in [0.29, 0.717) is 11.4 Å². The minimum atomic E-state index is -0.282.